The van der Waals surface area contributed by atoms with Crippen molar-refractivity contribution < 1.29 is 14.3 Å². The first-order chi connectivity index (χ1) is 12.1. The number of benzene rings is 2. The van der Waals surface area contributed by atoms with Gasteiger partial charge in [-0.2, -0.15) is 0 Å². The van der Waals surface area contributed by atoms with E-state index in [1.165, 1.54) is 0 Å². The number of halogens is 1. The van der Waals surface area contributed by atoms with E-state index in [4.69, 9.17) is 16.3 Å². The molecule has 132 valence electrons. The second-order valence-electron chi connectivity index (χ2n) is 5.46. The minimum absolute atomic E-state index is 0.0927. The summed E-state index contributed by atoms with van der Waals surface area (Å²) in [5.41, 5.74) is 1.64. The van der Waals surface area contributed by atoms with Crippen LogP contribution in [0.3, 0.4) is 0 Å². The van der Waals surface area contributed by atoms with Gasteiger partial charge in [-0.1, -0.05) is 23.7 Å². The van der Waals surface area contributed by atoms with Crippen molar-refractivity contribution in [2.24, 2.45) is 0 Å². The first-order valence-electron chi connectivity index (χ1n) is 8.02. The lowest BCUT2D eigenvalue weighted by molar-refractivity contribution is -0.120. The molecule has 0 atom stereocenters. The smallest absolute Gasteiger partial charge is 0.251 e. The summed E-state index contributed by atoms with van der Waals surface area (Å²) in [6, 6.07) is 14.3. The third kappa shape index (κ3) is 6.47. The molecule has 0 unspecified atom stereocenters. The second-order valence-corrected chi connectivity index (χ2v) is 5.90. The van der Waals surface area contributed by atoms with Crippen LogP contribution in [0.2, 0.25) is 5.02 Å². The Morgan fingerprint density at radius 1 is 0.960 bits per heavy atom. The summed E-state index contributed by atoms with van der Waals surface area (Å²) in [5.74, 6) is 0.497. The monoisotopic (exact) mass is 360 g/mol. The van der Waals surface area contributed by atoms with Gasteiger partial charge in [-0.3, -0.25) is 9.59 Å². The van der Waals surface area contributed by atoms with Crippen molar-refractivity contribution >= 4 is 23.4 Å². The molecule has 2 N–H and O–H groups in total. The van der Waals surface area contributed by atoms with Crippen molar-refractivity contribution in [2.75, 3.05) is 20.2 Å². The summed E-state index contributed by atoms with van der Waals surface area (Å²) >= 11 is 5.78. The Bertz CT molecular complexity index is 700. The third-order valence-electron chi connectivity index (χ3n) is 3.64. The predicted molar refractivity (Wildman–Crippen MR) is 98.1 cm³/mol. The van der Waals surface area contributed by atoms with E-state index in [2.05, 4.69) is 10.6 Å². The third-order valence-corrected chi connectivity index (χ3v) is 3.89. The van der Waals surface area contributed by atoms with Crippen molar-refractivity contribution in [3.8, 4) is 5.75 Å². The lowest BCUT2D eigenvalue weighted by Gasteiger charge is -2.07. The lowest BCUT2D eigenvalue weighted by atomic mass is 10.1. The van der Waals surface area contributed by atoms with Gasteiger partial charge < -0.3 is 15.4 Å². The summed E-state index contributed by atoms with van der Waals surface area (Å²) in [7, 11) is 1.63. The molecule has 2 aromatic rings. The van der Waals surface area contributed by atoms with Crippen LogP contribution in [0.25, 0.3) is 0 Å². The molecule has 0 saturated heterocycles. The van der Waals surface area contributed by atoms with E-state index in [-0.39, 0.29) is 24.8 Å². The second kappa shape index (κ2) is 9.69. The van der Waals surface area contributed by atoms with E-state index in [1.54, 1.807) is 31.4 Å². The number of amides is 2. The van der Waals surface area contributed by atoms with Gasteiger partial charge in [0.15, 0.2) is 0 Å². The van der Waals surface area contributed by atoms with Crippen LogP contribution in [0.1, 0.15) is 22.3 Å². The number of carbonyl (C=O) groups is 2. The molecular weight excluding hydrogens is 340 g/mol. The first kappa shape index (κ1) is 18.8. The zero-order valence-electron chi connectivity index (χ0n) is 14.0. The first-order valence-corrected chi connectivity index (χ1v) is 8.39. The zero-order valence-corrected chi connectivity index (χ0v) is 14.8. The van der Waals surface area contributed by atoms with Crippen LogP contribution in [0.5, 0.6) is 5.75 Å². The van der Waals surface area contributed by atoms with Gasteiger partial charge in [0, 0.05) is 30.1 Å². The van der Waals surface area contributed by atoms with E-state index >= 15 is 0 Å². The number of methoxy groups -OCH3 is 1. The van der Waals surface area contributed by atoms with Gasteiger partial charge >= 0.3 is 0 Å². The molecule has 2 rings (SSSR count). The number of carbonyl (C=O) groups excluding carboxylic acids is 2. The van der Waals surface area contributed by atoms with Crippen LogP contribution >= 0.6 is 11.6 Å². The highest BCUT2D eigenvalue weighted by molar-refractivity contribution is 6.30. The minimum atomic E-state index is -0.220. The molecule has 2 amide bonds. The quantitative estimate of drug-likeness (QED) is 0.760. The van der Waals surface area contributed by atoms with Gasteiger partial charge in [0.25, 0.3) is 5.91 Å². The topological polar surface area (TPSA) is 67.4 Å². The van der Waals surface area contributed by atoms with Crippen LogP contribution in [0, 0.1) is 0 Å². The molecule has 0 saturated carbocycles. The largest absolute Gasteiger partial charge is 0.497 e. The van der Waals surface area contributed by atoms with Crippen LogP contribution < -0.4 is 15.4 Å². The summed E-state index contributed by atoms with van der Waals surface area (Å²) in [6.07, 6.45) is 0.981. The number of ether oxygens (including phenoxy) is 1. The molecule has 0 radical (unpaired) electrons. The number of rotatable bonds is 8. The van der Waals surface area contributed by atoms with E-state index in [0.717, 1.165) is 17.7 Å². The number of nitrogens with one attached hydrogen (secondary N) is 2. The molecule has 0 fully saturated rings. The molecular formula is C19H21ClN2O3. The Morgan fingerprint density at radius 3 is 2.28 bits per heavy atom. The average molecular weight is 361 g/mol. The molecule has 6 heteroatoms. The van der Waals surface area contributed by atoms with Crippen LogP contribution in [-0.2, 0) is 11.2 Å². The van der Waals surface area contributed by atoms with Crippen molar-refractivity contribution in [1.29, 1.82) is 0 Å². The highest BCUT2D eigenvalue weighted by atomic mass is 35.5. The minimum Gasteiger partial charge on any atom is -0.497 e. The molecule has 0 aromatic heterocycles. The Balaban J connectivity index is 1.63. The van der Waals surface area contributed by atoms with E-state index in [0.29, 0.717) is 17.1 Å². The van der Waals surface area contributed by atoms with Gasteiger partial charge in [-0.15, -0.1) is 0 Å². The number of hydrogen-bond donors (Lipinski definition) is 2. The molecule has 5 nitrogen and oxygen atoms in total. The standard InChI is InChI=1S/C19H21ClN2O3/c1-25-17-8-2-14(3-9-17)10-12-21-18(23)11-13-22-19(24)15-4-6-16(20)7-5-15/h2-9H,10-13H2,1H3,(H,21,23)(H,22,24). The molecule has 25 heavy (non-hydrogen) atoms. The summed E-state index contributed by atoms with van der Waals surface area (Å²) in [5, 5.41) is 6.13. The summed E-state index contributed by atoms with van der Waals surface area (Å²) in [6.45, 7) is 0.839. The maximum absolute atomic E-state index is 11.9. The van der Waals surface area contributed by atoms with Gasteiger partial charge in [-0.05, 0) is 48.4 Å². The SMILES string of the molecule is COc1ccc(CCNC(=O)CCNC(=O)c2ccc(Cl)cc2)cc1. The fourth-order valence-corrected chi connectivity index (χ4v) is 2.35. The highest BCUT2D eigenvalue weighted by Crippen LogP contribution is 2.11. The van der Waals surface area contributed by atoms with Crippen molar-refractivity contribution in [3.63, 3.8) is 0 Å². The Morgan fingerprint density at radius 2 is 1.64 bits per heavy atom. The maximum Gasteiger partial charge on any atom is 0.251 e. The maximum atomic E-state index is 11.9. The predicted octanol–water partition coefficient (Wildman–Crippen LogP) is 2.83. The van der Waals surface area contributed by atoms with Gasteiger partial charge in [0.05, 0.1) is 7.11 Å². The molecule has 0 aliphatic heterocycles. The lowest BCUT2D eigenvalue weighted by Crippen LogP contribution is -2.31. The van der Waals surface area contributed by atoms with Gasteiger partial charge in [-0.25, -0.2) is 0 Å². The Labute approximate surface area is 152 Å². The van der Waals surface area contributed by atoms with Crippen molar-refractivity contribution in [2.45, 2.75) is 12.8 Å². The molecule has 0 bridgehead atoms. The molecule has 0 spiro atoms. The molecule has 0 aliphatic rings. The fraction of sp³-hybridized carbons (Fsp3) is 0.263. The summed E-state index contributed by atoms with van der Waals surface area (Å²) in [4.78, 5) is 23.7. The van der Waals surface area contributed by atoms with Crippen LogP contribution in [-0.4, -0.2) is 32.0 Å². The zero-order chi connectivity index (χ0) is 18.1. The number of hydrogen-bond acceptors (Lipinski definition) is 3. The van der Waals surface area contributed by atoms with E-state index < -0.39 is 0 Å². The Kier molecular flexibility index (Phi) is 7.29. The van der Waals surface area contributed by atoms with E-state index in [9.17, 15) is 9.59 Å². The molecule has 0 aliphatic carbocycles. The normalized spacial score (nSPS) is 10.2. The van der Waals surface area contributed by atoms with E-state index in [1.807, 2.05) is 24.3 Å². The van der Waals surface area contributed by atoms with Crippen molar-refractivity contribution in [1.82, 2.24) is 10.6 Å². The Hall–Kier alpha value is -2.53. The van der Waals surface area contributed by atoms with Crippen LogP contribution in [0.15, 0.2) is 48.5 Å². The fourth-order valence-electron chi connectivity index (χ4n) is 2.22. The molecule has 0 heterocycles. The van der Waals surface area contributed by atoms with Gasteiger partial charge in [0.2, 0.25) is 5.91 Å². The summed E-state index contributed by atoms with van der Waals surface area (Å²) < 4.78 is 5.10. The average Bonchev–Trinajstić information content (AvgIpc) is 2.63. The van der Waals surface area contributed by atoms with Gasteiger partial charge in [0.1, 0.15) is 5.75 Å². The highest BCUT2D eigenvalue weighted by Gasteiger charge is 2.06. The van der Waals surface area contributed by atoms with Crippen LogP contribution in [0.4, 0.5) is 0 Å². The van der Waals surface area contributed by atoms with Crippen molar-refractivity contribution in [3.05, 3.63) is 64.7 Å². The molecule has 2 aromatic carbocycles.